The van der Waals surface area contributed by atoms with Crippen LogP contribution in [0.1, 0.15) is 32.9 Å². The van der Waals surface area contributed by atoms with Crippen LogP contribution >= 0.6 is 0 Å². The second-order valence-corrected chi connectivity index (χ2v) is 5.85. The van der Waals surface area contributed by atoms with Gasteiger partial charge in [-0.05, 0) is 19.4 Å². The first-order valence-electron chi connectivity index (χ1n) is 7.92. The molecule has 0 aliphatic carbocycles. The lowest BCUT2D eigenvalue weighted by atomic mass is 10.2. The van der Waals surface area contributed by atoms with Gasteiger partial charge >= 0.3 is 0 Å². The third kappa shape index (κ3) is 4.47. The lowest BCUT2D eigenvalue weighted by Gasteiger charge is -2.20. The molecule has 7 nitrogen and oxygen atoms in total. The van der Waals surface area contributed by atoms with E-state index < -0.39 is 0 Å². The first-order chi connectivity index (χ1) is 10.6. The number of H-pyrrole nitrogens is 1. The van der Waals surface area contributed by atoms with E-state index in [-0.39, 0.29) is 17.9 Å². The van der Waals surface area contributed by atoms with E-state index in [4.69, 9.17) is 0 Å². The Morgan fingerprint density at radius 2 is 2.41 bits per heavy atom. The van der Waals surface area contributed by atoms with Gasteiger partial charge in [-0.25, -0.2) is 4.99 Å². The summed E-state index contributed by atoms with van der Waals surface area (Å²) in [7, 11) is 0. The fourth-order valence-electron chi connectivity index (χ4n) is 2.49. The van der Waals surface area contributed by atoms with Gasteiger partial charge in [0, 0.05) is 37.8 Å². The van der Waals surface area contributed by atoms with E-state index in [1.54, 1.807) is 6.20 Å². The molecule has 0 bridgehead atoms. The van der Waals surface area contributed by atoms with Crippen molar-refractivity contribution in [2.45, 2.75) is 39.8 Å². The number of aromatic nitrogens is 2. The monoisotopic (exact) mass is 306 g/mol. The Bertz CT molecular complexity index is 496. The highest BCUT2D eigenvalue weighted by Gasteiger charge is 2.27. The Morgan fingerprint density at radius 1 is 1.59 bits per heavy atom. The smallest absolute Gasteiger partial charge is 0.225 e. The van der Waals surface area contributed by atoms with Crippen molar-refractivity contribution >= 4 is 11.9 Å². The first-order valence-corrected chi connectivity index (χ1v) is 7.92. The molecule has 122 valence electrons. The zero-order valence-corrected chi connectivity index (χ0v) is 13.6. The molecular weight excluding hydrogens is 280 g/mol. The highest BCUT2D eigenvalue weighted by molar-refractivity contribution is 5.81. The minimum Gasteiger partial charge on any atom is -0.357 e. The van der Waals surface area contributed by atoms with Crippen molar-refractivity contribution in [3.05, 3.63) is 18.0 Å². The number of aliphatic imine (C=N–C) groups is 1. The number of likely N-dealkylation sites (tertiary alicyclic amines) is 1. The number of hydrogen-bond acceptors (Lipinski definition) is 3. The standard InChI is InChI=1S/C15H26N6O/c1-4-16-15(17-9-12-5-7-18-20-12)19-13-6-8-21(10-13)14(22)11(2)3/h5,7,11,13H,4,6,8-10H2,1-3H3,(H,18,20)(H2,16,17,19). The average Bonchev–Trinajstić information content (AvgIpc) is 3.15. The van der Waals surface area contributed by atoms with Gasteiger partial charge in [0.1, 0.15) is 0 Å². The summed E-state index contributed by atoms with van der Waals surface area (Å²) in [6.45, 7) is 8.83. The summed E-state index contributed by atoms with van der Waals surface area (Å²) >= 11 is 0. The molecule has 1 amide bonds. The van der Waals surface area contributed by atoms with E-state index in [0.29, 0.717) is 6.54 Å². The number of aromatic amines is 1. The zero-order valence-electron chi connectivity index (χ0n) is 13.6. The molecule has 22 heavy (non-hydrogen) atoms. The normalized spacial score (nSPS) is 18.8. The third-order valence-corrected chi connectivity index (χ3v) is 3.64. The molecule has 0 saturated carbocycles. The lowest BCUT2D eigenvalue weighted by molar-refractivity contribution is -0.133. The minimum atomic E-state index is 0.0565. The number of carbonyl (C=O) groups excluding carboxylic acids is 1. The van der Waals surface area contributed by atoms with Crippen molar-refractivity contribution in [2.75, 3.05) is 19.6 Å². The van der Waals surface area contributed by atoms with Crippen molar-refractivity contribution in [3.63, 3.8) is 0 Å². The Hall–Kier alpha value is -2.05. The molecule has 1 aromatic rings. The quantitative estimate of drug-likeness (QED) is 0.553. The van der Waals surface area contributed by atoms with Crippen LogP contribution in [0.15, 0.2) is 17.3 Å². The average molecular weight is 306 g/mol. The highest BCUT2D eigenvalue weighted by atomic mass is 16.2. The second kappa shape index (κ2) is 7.82. The van der Waals surface area contributed by atoms with Gasteiger partial charge < -0.3 is 15.5 Å². The molecule has 2 heterocycles. The molecule has 1 aromatic heterocycles. The molecule has 1 atom stereocenters. The Morgan fingerprint density at radius 3 is 3.05 bits per heavy atom. The lowest BCUT2D eigenvalue weighted by Crippen LogP contribution is -2.45. The molecule has 0 radical (unpaired) electrons. The molecule has 1 unspecified atom stereocenters. The number of amides is 1. The van der Waals surface area contributed by atoms with Gasteiger partial charge in [-0.3, -0.25) is 9.89 Å². The summed E-state index contributed by atoms with van der Waals surface area (Å²) in [5.41, 5.74) is 0.972. The van der Waals surface area contributed by atoms with Gasteiger partial charge in [0.05, 0.1) is 12.2 Å². The van der Waals surface area contributed by atoms with Crippen LogP contribution < -0.4 is 10.6 Å². The molecule has 3 N–H and O–H groups in total. The largest absolute Gasteiger partial charge is 0.357 e. The van der Waals surface area contributed by atoms with E-state index in [1.165, 1.54) is 0 Å². The molecule has 0 aromatic carbocycles. The van der Waals surface area contributed by atoms with Gasteiger partial charge in [0.2, 0.25) is 5.91 Å². The fraction of sp³-hybridized carbons (Fsp3) is 0.667. The summed E-state index contributed by atoms with van der Waals surface area (Å²) < 4.78 is 0. The summed E-state index contributed by atoms with van der Waals surface area (Å²) in [5, 5.41) is 13.5. The molecular formula is C15H26N6O. The Balaban J connectivity index is 1.89. The van der Waals surface area contributed by atoms with E-state index in [0.717, 1.165) is 37.7 Å². The van der Waals surface area contributed by atoms with Gasteiger partial charge in [0.15, 0.2) is 5.96 Å². The molecule has 2 rings (SSSR count). The predicted octanol–water partition coefficient (Wildman–Crippen LogP) is 0.722. The van der Waals surface area contributed by atoms with Gasteiger partial charge in [-0.1, -0.05) is 13.8 Å². The van der Waals surface area contributed by atoms with Crippen molar-refractivity contribution in [1.82, 2.24) is 25.7 Å². The van der Waals surface area contributed by atoms with Crippen LogP contribution in [0.5, 0.6) is 0 Å². The third-order valence-electron chi connectivity index (χ3n) is 3.64. The van der Waals surface area contributed by atoms with Crippen LogP contribution in [0.4, 0.5) is 0 Å². The number of rotatable bonds is 5. The first kappa shape index (κ1) is 16.3. The minimum absolute atomic E-state index is 0.0565. The van der Waals surface area contributed by atoms with Crippen molar-refractivity contribution in [1.29, 1.82) is 0 Å². The second-order valence-electron chi connectivity index (χ2n) is 5.85. The fourth-order valence-corrected chi connectivity index (χ4v) is 2.49. The topological polar surface area (TPSA) is 85.4 Å². The summed E-state index contributed by atoms with van der Waals surface area (Å²) in [5.74, 6) is 1.06. The van der Waals surface area contributed by atoms with Gasteiger partial charge in [-0.2, -0.15) is 5.10 Å². The molecule has 1 fully saturated rings. The number of hydrogen-bond donors (Lipinski definition) is 3. The van der Waals surface area contributed by atoms with Crippen molar-refractivity contribution in [2.24, 2.45) is 10.9 Å². The SMILES string of the molecule is CCNC(=NCc1ccn[nH]1)NC1CCN(C(=O)C(C)C)C1. The van der Waals surface area contributed by atoms with Crippen LogP contribution in [-0.4, -0.2) is 52.6 Å². The van der Waals surface area contributed by atoms with E-state index in [2.05, 4.69) is 25.8 Å². The van der Waals surface area contributed by atoms with Crippen molar-refractivity contribution < 1.29 is 4.79 Å². The van der Waals surface area contributed by atoms with Crippen LogP contribution in [-0.2, 0) is 11.3 Å². The summed E-state index contributed by atoms with van der Waals surface area (Å²) in [4.78, 5) is 18.5. The maximum Gasteiger partial charge on any atom is 0.225 e. The van der Waals surface area contributed by atoms with Crippen LogP contribution in [0.3, 0.4) is 0 Å². The molecule has 7 heteroatoms. The molecule has 1 aliphatic heterocycles. The van der Waals surface area contributed by atoms with E-state index in [1.807, 2.05) is 31.7 Å². The van der Waals surface area contributed by atoms with Gasteiger partial charge in [0.25, 0.3) is 0 Å². The zero-order chi connectivity index (χ0) is 15.9. The molecule has 1 saturated heterocycles. The van der Waals surface area contributed by atoms with E-state index in [9.17, 15) is 4.79 Å². The summed E-state index contributed by atoms with van der Waals surface area (Å²) in [6.07, 6.45) is 2.67. The van der Waals surface area contributed by atoms with Gasteiger partial charge in [-0.15, -0.1) is 0 Å². The maximum absolute atomic E-state index is 12.0. The van der Waals surface area contributed by atoms with Crippen LogP contribution in [0.2, 0.25) is 0 Å². The number of carbonyl (C=O) groups is 1. The Labute approximate surface area is 131 Å². The molecule has 1 aliphatic rings. The van der Waals surface area contributed by atoms with E-state index >= 15 is 0 Å². The van der Waals surface area contributed by atoms with Crippen molar-refractivity contribution in [3.8, 4) is 0 Å². The predicted molar refractivity (Wildman–Crippen MR) is 86.4 cm³/mol. The Kier molecular flexibility index (Phi) is 5.80. The maximum atomic E-state index is 12.0. The highest BCUT2D eigenvalue weighted by Crippen LogP contribution is 2.12. The number of nitrogens with zero attached hydrogens (tertiary/aromatic N) is 3. The number of nitrogens with one attached hydrogen (secondary N) is 3. The summed E-state index contributed by atoms with van der Waals surface area (Å²) in [6, 6.07) is 2.16. The van der Waals surface area contributed by atoms with Crippen LogP contribution in [0.25, 0.3) is 0 Å². The van der Waals surface area contributed by atoms with Crippen LogP contribution in [0, 0.1) is 5.92 Å². The molecule has 0 spiro atoms. The number of guanidine groups is 1.